The van der Waals surface area contributed by atoms with Gasteiger partial charge in [-0.15, -0.1) is 11.3 Å². The minimum absolute atomic E-state index is 0.159. The molecule has 0 fully saturated rings. The molecule has 88 valence electrons. The van der Waals surface area contributed by atoms with E-state index in [1.165, 1.54) is 22.5 Å². The number of benzene rings is 1. The van der Waals surface area contributed by atoms with Crippen molar-refractivity contribution in [2.45, 2.75) is 13.5 Å². The number of nitrogens with one attached hydrogen (secondary N) is 1. The standard InChI is InChI=1S/C14H15NOS/c1-11-4-6-12(7-5-11)9-15-10-13(16)14-3-2-8-17-14/h2-8,15H,9-10H2,1H3. The van der Waals surface area contributed by atoms with E-state index in [0.29, 0.717) is 6.54 Å². The Morgan fingerprint density at radius 3 is 2.65 bits per heavy atom. The molecule has 17 heavy (non-hydrogen) atoms. The van der Waals surface area contributed by atoms with Crippen LogP contribution in [0.5, 0.6) is 0 Å². The van der Waals surface area contributed by atoms with Gasteiger partial charge in [-0.2, -0.15) is 0 Å². The first-order chi connectivity index (χ1) is 8.25. The van der Waals surface area contributed by atoms with Crippen LogP contribution in [0.25, 0.3) is 0 Å². The van der Waals surface area contributed by atoms with E-state index in [9.17, 15) is 4.79 Å². The number of Topliss-reactive ketones (excluding diaryl/α,β-unsaturated/α-hetero) is 1. The number of carbonyl (C=O) groups is 1. The van der Waals surface area contributed by atoms with Crippen molar-refractivity contribution in [1.29, 1.82) is 0 Å². The second-order valence-corrected chi connectivity index (χ2v) is 4.94. The zero-order valence-corrected chi connectivity index (χ0v) is 10.6. The van der Waals surface area contributed by atoms with Crippen LogP contribution in [0.15, 0.2) is 41.8 Å². The largest absolute Gasteiger partial charge is 0.306 e. The van der Waals surface area contributed by atoms with E-state index in [1.54, 1.807) is 0 Å². The highest BCUT2D eigenvalue weighted by atomic mass is 32.1. The van der Waals surface area contributed by atoms with Gasteiger partial charge in [-0.3, -0.25) is 4.79 Å². The predicted octanol–water partition coefficient (Wildman–Crippen LogP) is 3.03. The molecule has 0 amide bonds. The van der Waals surface area contributed by atoms with E-state index in [-0.39, 0.29) is 5.78 Å². The third kappa shape index (κ3) is 3.51. The molecule has 0 spiro atoms. The average Bonchev–Trinajstić information content (AvgIpc) is 2.85. The van der Waals surface area contributed by atoms with Crippen molar-refractivity contribution in [2.75, 3.05) is 6.54 Å². The lowest BCUT2D eigenvalue weighted by Crippen LogP contribution is -2.21. The molecule has 0 saturated carbocycles. The Bertz CT molecular complexity index is 473. The highest BCUT2D eigenvalue weighted by Crippen LogP contribution is 2.08. The summed E-state index contributed by atoms with van der Waals surface area (Å²) in [5.74, 6) is 0.159. The minimum Gasteiger partial charge on any atom is -0.306 e. The van der Waals surface area contributed by atoms with Gasteiger partial charge in [0.2, 0.25) is 0 Å². The van der Waals surface area contributed by atoms with E-state index < -0.39 is 0 Å². The van der Waals surface area contributed by atoms with Gasteiger partial charge in [0.1, 0.15) is 0 Å². The fourth-order valence-corrected chi connectivity index (χ4v) is 2.22. The van der Waals surface area contributed by atoms with Crippen molar-refractivity contribution in [3.63, 3.8) is 0 Å². The van der Waals surface area contributed by atoms with Gasteiger partial charge in [0.25, 0.3) is 0 Å². The summed E-state index contributed by atoms with van der Waals surface area (Å²) in [4.78, 5) is 12.5. The zero-order chi connectivity index (χ0) is 12.1. The normalized spacial score (nSPS) is 10.4. The first-order valence-corrected chi connectivity index (χ1v) is 6.46. The van der Waals surface area contributed by atoms with E-state index in [2.05, 4.69) is 36.5 Å². The number of aryl methyl sites for hydroxylation is 1. The van der Waals surface area contributed by atoms with Crippen LogP contribution in [-0.2, 0) is 6.54 Å². The molecule has 3 heteroatoms. The van der Waals surface area contributed by atoms with Crippen LogP contribution in [0.1, 0.15) is 20.8 Å². The lowest BCUT2D eigenvalue weighted by Gasteiger charge is -2.03. The van der Waals surface area contributed by atoms with Crippen LogP contribution in [-0.4, -0.2) is 12.3 Å². The molecule has 0 unspecified atom stereocenters. The van der Waals surface area contributed by atoms with Gasteiger partial charge in [0.15, 0.2) is 5.78 Å². The number of rotatable bonds is 5. The van der Waals surface area contributed by atoms with Gasteiger partial charge >= 0.3 is 0 Å². The molecule has 0 bridgehead atoms. The van der Waals surface area contributed by atoms with Crippen molar-refractivity contribution in [1.82, 2.24) is 5.32 Å². The lowest BCUT2D eigenvalue weighted by molar-refractivity contribution is 0.0994. The lowest BCUT2D eigenvalue weighted by atomic mass is 10.1. The van der Waals surface area contributed by atoms with Crippen LogP contribution >= 0.6 is 11.3 Å². The molecule has 0 aliphatic carbocycles. The molecule has 2 aromatic rings. The SMILES string of the molecule is Cc1ccc(CNCC(=O)c2cccs2)cc1. The van der Waals surface area contributed by atoms with Crippen molar-refractivity contribution in [3.8, 4) is 0 Å². The fourth-order valence-electron chi connectivity index (χ4n) is 1.55. The van der Waals surface area contributed by atoms with Crippen molar-refractivity contribution < 1.29 is 4.79 Å². The number of thiophene rings is 1. The summed E-state index contributed by atoms with van der Waals surface area (Å²) < 4.78 is 0. The average molecular weight is 245 g/mol. The van der Waals surface area contributed by atoms with Crippen molar-refractivity contribution in [2.24, 2.45) is 0 Å². The van der Waals surface area contributed by atoms with Gasteiger partial charge in [-0.05, 0) is 23.9 Å². The van der Waals surface area contributed by atoms with Crippen LogP contribution in [0.4, 0.5) is 0 Å². The molecular formula is C14H15NOS. The molecule has 0 aliphatic rings. The van der Waals surface area contributed by atoms with Gasteiger partial charge in [0, 0.05) is 6.54 Å². The molecule has 0 aliphatic heterocycles. The second-order valence-electron chi connectivity index (χ2n) is 3.99. The summed E-state index contributed by atoms with van der Waals surface area (Å²) in [6, 6.07) is 12.1. The molecule has 1 aromatic carbocycles. The maximum absolute atomic E-state index is 11.7. The Balaban J connectivity index is 1.80. The number of carbonyl (C=O) groups excluding carboxylic acids is 1. The molecule has 1 aromatic heterocycles. The smallest absolute Gasteiger partial charge is 0.186 e. The molecule has 0 atom stereocenters. The van der Waals surface area contributed by atoms with Crippen LogP contribution in [0.2, 0.25) is 0 Å². The summed E-state index contributed by atoms with van der Waals surface area (Å²) in [5.41, 5.74) is 2.46. The van der Waals surface area contributed by atoms with Gasteiger partial charge in [0.05, 0.1) is 11.4 Å². The summed E-state index contributed by atoms with van der Waals surface area (Å²) in [7, 11) is 0. The van der Waals surface area contributed by atoms with Crippen molar-refractivity contribution in [3.05, 3.63) is 57.8 Å². The topological polar surface area (TPSA) is 29.1 Å². The third-order valence-corrected chi connectivity index (χ3v) is 3.44. The Hall–Kier alpha value is -1.45. The Morgan fingerprint density at radius 1 is 1.24 bits per heavy atom. The maximum Gasteiger partial charge on any atom is 0.186 e. The number of ketones is 1. The summed E-state index contributed by atoms with van der Waals surface area (Å²) in [6.45, 7) is 3.20. The Morgan fingerprint density at radius 2 is 2.00 bits per heavy atom. The van der Waals surface area contributed by atoms with Gasteiger partial charge < -0.3 is 5.32 Å². The highest BCUT2D eigenvalue weighted by Gasteiger charge is 2.05. The predicted molar refractivity (Wildman–Crippen MR) is 71.5 cm³/mol. The van der Waals surface area contributed by atoms with Crippen LogP contribution in [0, 0.1) is 6.92 Å². The Labute approximate surface area is 105 Å². The Kier molecular flexibility index (Phi) is 4.07. The molecule has 0 saturated heterocycles. The van der Waals surface area contributed by atoms with E-state index >= 15 is 0 Å². The van der Waals surface area contributed by atoms with Crippen molar-refractivity contribution >= 4 is 17.1 Å². The molecule has 1 N–H and O–H groups in total. The van der Waals surface area contributed by atoms with E-state index in [4.69, 9.17) is 0 Å². The molecule has 2 nitrogen and oxygen atoms in total. The van der Waals surface area contributed by atoms with E-state index in [0.717, 1.165) is 11.4 Å². The van der Waals surface area contributed by atoms with Gasteiger partial charge in [-0.25, -0.2) is 0 Å². The first-order valence-electron chi connectivity index (χ1n) is 5.58. The monoisotopic (exact) mass is 245 g/mol. The number of hydrogen-bond donors (Lipinski definition) is 1. The van der Waals surface area contributed by atoms with Gasteiger partial charge in [-0.1, -0.05) is 35.9 Å². The number of hydrogen-bond acceptors (Lipinski definition) is 3. The quantitative estimate of drug-likeness (QED) is 0.820. The first kappa shape index (κ1) is 12.0. The highest BCUT2D eigenvalue weighted by molar-refractivity contribution is 7.12. The van der Waals surface area contributed by atoms with E-state index in [1.807, 2.05) is 17.5 Å². The maximum atomic E-state index is 11.7. The zero-order valence-electron chi connectivity index (χ0n) is 9.77. The summed E-state index contributed by atoms with van der Waals surface area (Å²) in [5, 5.41) is 5.09. The fraction of sp³-hybridized carbons (Fsp3) is 0.214. The van der Waals surface area contributed by atoms with Crippen LogP contribution in [0.3, 0.4) is 0 Å². The minimum atomic E-state index is 0.159. The third-order valence-electron chi connectivity index (χ3n) is 2.53. The van der Waals surface area contributed by atoms with Crippen LogP contribution < -0.4 is 5.32 Å². The molecule has 2 rings (SSSR count). The summed E-state index contributed by atoms with van der Waals surface area (Å²) >= 11 is 1.49. The second kappa shape index (κ2) is 5.75. The molecule has 0 radical (unpaired) electrons. The summed E-state index contributed by atoms with van der Waals surface area (Å²) in [6.07, 6.45) is 0. The molecular weight excluding hydrogens is 230 g/mol. The molecule has 1 heterocycles.